The van der Waals surface area contributed by atoms with E-state index in [1.54, 1.807) is 13.8 Å². The number of nitrogens with zero attached hydrogens (tertiary/aromatic N) is 2. The summed E-state index contributed by atoms with van der Waals surface area (Å²) in [6.07, 6.45) is 0. The van der Waals surface area contributed by atoms with Crippen LogP contribution in [0.4, 0.5) is 10.2 Å². The number of carbonyl (C=O) groups excluding carboxylic acids is 1. The Kier molecular flexibility index (Phi) is 5.14. The van der Waals surface area contributed by atoms with Crippen LogP contribution in [0.5, 0.6) is 0 Å². The van der Waals surface area contributed by atoms with Crippen molar-refractivity contribution in [2.24, 2.45) is 10.7 Å². The van der Waals surface area contributed by atoms with Gasteiger partial charge in [-0.25, -0.2) is 4.98 Å². The van der Waals surface area contributed by atoms with Gasteiger partial charge in [0, 0.05) is 15.7 Å². The Bertz CT molecular complexity index is 929. The number of halogens is 2. The summed E-state index contributed by atoms with van der Waals surface area (Å²) in [6.45, 7) is 3.55. The summed E-state index contributed by atoms with van der Waals surface area (Å²) >= 11 is 7.40. The number of aromatic nitrogens is 1. The highest BCUT2D eigenvalue weighted by Crippen LogP contribution is 2.38. The molecule has 1 amide bonds. The number of thiophene rings is 1. The fourth-order valence-corrected chi connectivity index (χ4v) is 5.08. The Morgan fingerprint density at radius 2 is 2.23 bits per heavy atom. The molecule has 3 rings (SSSR count). The molecule has 26 heavy (non-hydrogen) atoms. The first-order chi connectivity index (χ1) is 12.2. The first-order valence-electron chi connectivity index (χ1n) is 7.64. The summed E-state index contributed by atoms with van der Waals surface area (Å²) in [4.78, 5) is 21.3. The molecule has 2 unspecified atom stereocenters. The van der Waals surface area contributed by atoms with E-state index in [0.29, 0.717) is 20.6 Å². The first kappa shape index (κ1) is 18.9. The zero-order valence-corrected chi connectivity index (χ0v) is 16.3. The van der Waals surface area contributed by atoms with Gasteiger partial charge in [-0.1, -0.05) is 17.7 Å². The minimum absolute atomic E-state index is 0.101. The van der Waals surface area contributed by atoms with Gasteiger partial charge in [-0.2, -0.15) is 4.39 Å². The topological polar surface area (TPSA) is 97.4 Å². The van der Waals surface area contributed by atoms with Gasteiger partial charge in [0.05, 0.1) is 26.4 Å². The lowest BCUT2D eigenvalue weighted by Crippen LogP contribution is -2.47. The van der Waals surface area contributed by atoms with Gasteiger partial charge in [0.2, 0.25) is 5.95 Å². The van der Waals surface area contributed by atoms with Crippen LogP contribution in [0, 0.1) is 5.95 Å². The Morgan fingerprint density at radius 3 is 2.88 bits per heavy atom. The fourth-order valence-electron chi connectivity index (χ4n) is 2.34. The molecule has 0 bridgehead atoms. The van der Waals surface area contributed by atoms with Gasteiger partial charge < -0.3 is 11.1 Å². The molecule has 3 N–H and O–H groups in total. The van der Waals surface area contributed by atoms with Crippen molar-refractivity contribution < 1.29 is 13.4 Å². The number of anilines is 1. The molecule has 138 valence electrons. The molecule has 10 heteroatoms. The number of amides is 1. The number of hydrogen-bond acceptors (Lipinski definition) is 6. The van der Waals surface area contributed by atoms with Crippen molar-refractivity contribution in [2.75, 3.05) is 11.1 Å². The molecule has 2 aromatic heterocycles. The maximum atomic E-state index is 13.1. The summed E-state index contributed by atoms with van der Waals surface area (Å²) in [5, 5.41) is 2.87. The molecule has 2 atom stereocenters. The van der Waals surface area contributed by atoms with Crippen LogP contribution < -0.4 is 11.1 Å². The monoisotopic (exact) mass is 414 g/mol. The van der Waals surface area contributed by atoms with Crippen LogP contribution in [0.15, 0.2) is 29.3 Å². The van der Waals surface area contributed by atoms with E-state index in [2.05, 4.69) is 15.3 Å². The highest BCUT2D eigenvalue weighted by Gasteiger charge is 2.38. The van der Waals surface area contributed by atoms with E-state index >= 15 is 0 Å². The smallest absolute Gasteiger partial charge is 0.266 e. The van der Waals surface area contributed by atoms with Gasteiger partial charge in [-0.3, -0.25) is 14.0 Å². The van der Waals surface area contributed by atoms with Gasteiger partial charge in [0.1, 0.15) is 11.7 Å². The quantitative estimate of drug-likeness (QED) is 0.754. The Morgan fingerprint density at radius 1 is 1.50 bits per heavy atom. The van der Waals surface area contributed by atoms with Crippen LogP contribution in [0.3, 0.4) is 0 Å². The molecule has 0 aliphatic carbocycles. The van der Waals surface area contributed by atoms with E-state index < -0.39 is 33.4 Å². The zero-order chi connectivity index (χ0) is 19.1. The minimum atomic E-state index is -1.22. The molecule has 6 nitrogen and oxygen atoms in total. The number of hydrogen-bond donors (Lipinski definition) is 2. The van der Waals surface area contributed by atoms with Crippen LogP contribution >= 0.6 is 22.9 Å². The highest BCUT2D eigenvalue weighted by molar-refractivity contribution is 7.87. The van der Waals surface area contributed by atoms with E-state index in [1.165, 1.54) is 24.3 Å². The van der Waals surface area contributed by atoms with Crippen molar-refractivity contribution >= 4 is 51.3 Å². The Hall–Kier alpha value is -1.84. The number of nitrogens with one attached hydrogen (secondary N) is 1. The van der Waals surface area contributed by atoms with E-state index in [1.807, 2.05) is 0 Å². The molecule has 0 radical (unpaired) electrons. The number of pyridine rings is 1. The van der Waals surface area contributed by atoms with Gasteiger partial charge in [0.15, 0.2) is 0 Å². The Balaban J connectivity index is 1.84. The molecule has 0 spiro atoms. The molecular weight excluding hydrogens is 399 g/mol. The van der Waals surface area contributed by atoms with Gasteiger partial charge in [0.25, 0.3) is 5.91 Å². The van der Waals surface area contributed by atoms with Crippen LogP contribution in [-0.2, 0) is 10.8 Å². The van der Waals surface area contributed by atoms with Crippen molar-refractivity contribution in [3.05, 3.63) is 45.0 Å². The maximum absolute atomic E-state index is 13.1. The second-order valence-corrected chi connectivity index (χ2v) is 9.71. The van der Waals surface area contributed by atoms with E-state index in [4.69, 9.17) is 17.3 Å². The molecule has 0 fully saturated rings. The predicted octanol–water partition coefficient (Wildman–Crippen LogP) is 3.13. The number of amidine groups is 1. The third-order valence-corrected chi connectivity index (χ3v) is 7.61. The molecule has 0 saturated carbocycles. The first-order valence-corrected chi connectivity index (χ1v) is 10.1. The molecule has 0 saturated heterocycles. The van der Waals surface area contributed by atoms with Crippen LogP contribution in [0.25, 0.3) is 0 Å². The molecule has 1 aliphatic rings. The molecule has 0 aromatic carbocycles. The van der Waals surface area contributed by atoms with E-state index in [9.17, 15) is 13.4 Å². The summed E-state index contributed by atoms with van der Waals surface area (Å²) in [6, 6.07) is 5.15. The van der Waals surface area contributed by atoms with Gasteiger partial charge in [-0.05, 0) is 32.0 Å². The second kappa shape index (κ2) is 7.05. The molecule has 1 aliphatic heterocycles. The number of aliphatic imine (C=N–C) groups is 1. The minimum Gasteiger partial charge on any atom is -0.386 e. The molecule has 2 aromatic rings. The second-order valence-electron chi connectivity index (χ2n) is 6.18. The average Bonchev–Trinajstić information content (AvgIpc) is 2.95. The van der Waals surface area contributed by atoms with Gasteiger partial charge >= 0.3 is 0 Å². The number of carbonyl (C=O) groups is 1. The van der Waals surface area contributed by atoms with Crippen molar-refractivity contribution in [3.63, 3.8) is 0 Å². The zero-order valence-electron chi connectivity index (χ0n) is 14.0. The van der Waals surface area contributed by atoms with Crippen LogP contribution in [0.1, 0.15) is 34.4 Å². The van der Waals surface area contributed by atoms with Crippen molar-refractivity contribution in [1.82, 2.24) is 4.98 Å². The molecule has 3 heterocycles. The van der Waals surface area contributed by atoms with Crippen molar-refractivity contribution in [1.29, 1.82) is 0 Å². The third kappa shape index (κ3) is 3.65. The lowest BCUT2D eigenvalue weighted by molar-refractivity contribution is 0.103. The SMILES string of the molecule is CC1(C)C(N)=NC(c2sc(C(=O)Nc3cccc(F)n3)cc2Cl)CS1=O. The third-order valence-electron chi connectivity index (χ3n) is 3.99. The van der Waals surface area contributed by atoms with E-state index in [-0.39, 0.29) is 11.6 Å². The Labute approximate surface area is 161 Å². The number of rotatable bonds is 3. The summed E-state index contributed by atoms with van der Waals surface area (Å²) in [7, 11) is -1.22. The van der Waals surface area contributed by atoms with Crippen molar-refractivity contribution in [3.8, 4) is 0 Å². The standard InChI is InChI=1S/C16H16ClFN4O2S2/c1-16(2)15(19)20-9(7-26(16)24)13-8(17)6-10(25-13)14(23)22-12-5-3-4-11(18)21-12/h3-6,9H,7H2,1-2H3,(H2,19,20)(H,21,22,23). The summed E-state index contributed by atoms with van der Waals surface area (Å²) < 4.78 is 24.9. The van der Waals surface area contributed by atoms with E-state index in [0.717, 1.165) is 11.3 Å². The predicted molar refractivity (Wildman–Crippen MR) is 103 cm³/mol. The van der Waals surface area contributed by atoms with Gasteiger partial charge in [-0.15, -0.1) is 11.3 Å². The summed E-state index contributed by atoms with van der Waals surface area (Å²) in [5.74, 6) is -0.476. The summed E-state index contributed by atoms with van der Waals surface area (Å²) in [5.41, 5.74) is 5.96. The number of nitrogens with two attached hydrogens (primary N) is 1. The molecular formula is C16H16ClFN4O2S2. The van der Waals surface area contributed by atoms with Crippen LogP contribution in [0.2, 0.25) is 5.02 Å². The van der Waals surface area contributed by atoms with Crippen molar-refractivity contribution in [2.45, 2.75) is 24.6 Å². The lowest BCUT2D eigenvalue weighted by atomic mass is 10.1. The highest BCUT2D eigenvalue weighted by atomic mass is 35.5. The maximum Gasteiger partial charge on any atom is 0.266 e. The largest absolute Gasteiger partial charge is 0.386 e. The lowest BCUT2D eigenvalue weighted by Gasteiger charge is -2.30. The average molecular weight is 415 g/mol. The van der Waals surface area contributed by atoms with Crippen LogP contribution in [-0.4, -0.2) is 31.4 Å². The normalized spacial score (nSPS) is 21.9. The fraction of sp³-hybridized carbons (Fsp3) is 0.312.